The molecule has 2 aliphatic rings. The van der Waals surface area contributed by atoms with Crippen LogP contribution in [0.1, 0.15) is 31.4 Å². The van der Waals surface area contributed by atoms with Crippen molar-refractivity contribution in [3.63, 3.8) is 0 Å². The smallest absolute Gasteiger partial charge is 0.390 e. The minimum absolute atomic E-state index is 0.202. The summed E-state index contributed by atoms with van der Waals surface area (Å²) < 4.78 is 52.5. The fourth-order valence-corrected chi connectivity index (χ4v) is 3.03. The average molecular weight is 396 g/mol. The highest BCUT2D eigenvalue weighted by atomic mass is 19.4. The fraction of sp³-hybridized carbons (Fsp3) is 0.706. The molecule has 1 aromatic heterocycles. The van der Waals surface area contributed by atoms with E-state index in [0.29, 0.717) is 13.0 Å². The van der Waals surface area contributed by atoms with Gasteiger partial charge in [-0.15, -0.1) is 0 Å². The van der Waals surface area contributed by atoms with Crippen LogP contribution in [0.4, 0.5) is 17.7 Å². The third kappa shape index (κ3) is 6.87. The van der Waals surface area contributed by atoms with Crippen molar-refractivity contribution < 1.29 is 37.6 Å². The number of aliphatic hydroxyl groups is 2. The van der Waals surface area contributed by atoms with Crippen LogP contribution in [0, 0.1) is 0 Å². The monoisotopic (exact) mass is 396 g/mol. The van der Waals surface area contributed by atoms with Crippen LogP contribution in [-0.2, 0) is 10.9 Å². The molecule has 0 bridgehead atoms. The number of aromatic nitrogens is 1. The summed E-state index contributed by atoms with van der Waals surface area (Å²) in [7, 11) is 0. The summed E-state index contributed by atoms with van der Waals surface area (Å²) in [6, 6.07) is 2.71. The van der Waals surface area contributed by atoms with Gasteiger partial charge < -0.3 is 19.8 Å². The van der Waals surface area contributed by atoms with Crippen LogP contribution in [0.15, 0.2) is 18.2 Å². The van der Waals surface area contributed by atoms with Gasteiger partial charge in [0.25, 0.3) is 5.88 Å². The quantitative estimate of drug-likeness (QED) is 0.764. The number of pyridine rings is 1. The van der Waals surface area contributed by atoms with Gasteiger partial charge in [0.15, 0.2) is 0 Å². The number of halogens is 4. The predicted octanol–water partition coefficient (Wildman–Crippen LogP) is 2.35. The van der Waals surface area contributed by atoms with E-state index in [0.717, 1.165) is 37.8 Å². The van der Waals surface area contributed by atoms with Gasteiger partial charge in [-0.25, -0.2) is 4.98 Å². The minimum Gasteiger partial charge on any atom is -0.390 e. The molecule has 6 nitrogen and oxygen atoms in total. The second-order valence-electron chi connectivity index (χ2n) is 6.55. The minimum atomic E-state index is -4.57. The third-order valence-corrected chi connectivity index (χ3v) is 4.50. The van der Waals surface area contributed by atoms with Crippen LogP contribution in [-0.4, -0.2) is 64.6 Å². The summed E-state index contributed by atoms with van der Waals surface area (Å²) >= 11 is 0. The molecule has 0 saturated carbocycles. The normalized spacial score (nSPS) is 26.8. The van der Waals surface area contributed by atoms with Crippen molar-refractivity contribution >= 4 is 0 Å². The first-order valence-electron chi connectivity index (χ1n) is 8.84. The van der Waals surface area contributed by atoms with E-state index in [1.54, 1.807) is 0 Å². The summed E-state index contributed by atoms with van der Waals surface area (Å²) in [5.74, 6) is -0.704. The summed E-state index contributed by atoms with van der Waals surface area (Å²) in [6.07, 6.45) is -1.74. The molecule has 3 rings (SSSR count). The first-order chi connectivity index (χ1) is 12.8. The second-order valence-corrected chi connectivity index (χ2v) is 6.55. The summed E-state index contributed by atoms with van der Waals surface area (Å²) in [5, 5.41) is 19.3. The van der Waals surface area contributed by atoms with E-state index in [9.17, 15) is 27.9 Å². The van der Waals surface area contributed by atoms with Crippen molar-refractivity contribution in [2.45, 2.75) is 50.2 Å². The molecule has 3 heterocycles. The zero-order chi connectivity index (χ0) is 19.9. The van der Waals surface area contributed by atoms with Crippen molar-refractivity contribution in [3.05, 3.63) is 23.9 Å². The number of piperidine rings is 1. The van der Waals surface area contributed by atoms with Gasteiger partial charge in [-0.3, -0.25) is 4.94 Å². The number of hydrogen-bond donors (Lipinski definition) is 2. The van der Waals surface area contributed by atoms with E-state index < -0.39 is 30.0 Å². The topological polar surface area (TPSA) is 75.0 Å². The average Bonchev–Trinajstić information content (AvgIpc) is 2.66. The first-order valence-corrected chi connectivity index (χ1v) is 8.84. The maximum atomic E-state index is 11.9. The molecule has 2 fully saturated rings. The third-order valence-electron chi connectivity index (χ3n) is 4.50. The lowest BCUT2D eigenvalue weighted by Crippen LogP contribution is -2.50. The molecule has 0 aromatic carbocycles. The van der Waals surface area contributed by atoms with Crippen LogP contribution in [0.25, 0.3) is 0 Å². The molecule has 0 radical (unpaired) electrons. The highest BCUT2D eigenvalue weighted by molar-refractivity contribution is 5.17. The lowest BCUT2D eigenvalue weighted by Gasteiger charge is -2.36. The van der Waals surface area contributed by atoms with E-state index in [-0.39, 0.29) is 6.10 Å². The molecule has 27 heavy (non-hydrogen) atoms. The van der Waals surface area contributed by atoms with Gasteiger partial charge in [-0.05, 0) is 38.4 Å². The van der Waals surface area contributed by atoms with Crippen LogP contribution in [0.3, 0.4) is 0 Å². The zero-order valence-corrected chi connectivity index (χ0v) is 14.7. The van der Waals surface area contributed by atoms with Crippen LogP contribution < -0.4 is 4.94 Å². The van der Waals surface area contributed by atoms with Gasteiger partial charge in [-0.2, -0.15) is 13.2 Å². The Hall–Kier alpha value is -1.49. The predicted molar refractivity (Wildman–Crippen MR) is 87.6 cm³/mol. The number of alkyl halides is 3. The number of aliphatic hydroxyl groups excluding tert-OH is 2. The largest absolute Gasteiger partial charge is 0.433 e. The Bertz CT molecular complexity index is 570. The van der Waals surface area contributed by atoms with Crippen molar-refractivity contribution in [1.29, 1.82) is 0 Å². The molecule has 2 N–H and O–H groups in total. The molecular weight excluding hydrogens is 372 g/mol. The van der Waals surface area contributed by atoms with Gasteiger partial charge in [0, 0.05) is 23.7 Å². The number of ether oxygens (including phenoxy) is 1. The lowest BCUT2D eigenvalue weighted by atomic mass is 10.0. The van der Waals surface area contributed by atoms with Crippen molar-refractivity contribution in [3.8, 4) is 5.88 Å². The summed E-state index contributed by atoms with van der Waals surface area (Å²) in [4.78, 5) is 8.21. The Labute approximate surface area is 154 Å². The van der Waals surface area contributed by atoms with Gasteiger partial charge in [0.2, 0.25) is 0 Å². The second kappa shape index (κ2) is 10.2. The molecule has 10 heteroatoms. The number of nitrogens with zero attached hydrogens (tertiary/aromatic N) is 2. The standard InChI is InChI=1S/C11H21NO3.C6H3F4NO/c13-9-4-7-15-10(11(9)14)8-12-5-2-1-3-6-12;7-6(8,9)4-2-1-3-5(11-4)12-10/h9-11,13-14H,1-8H2;1-3H. The maximum Gasteiger partial charge on any atom is 0.433 e. The summed E-state index contributed by atoms with van der Waals surface area (Å²) in [5.41, 5.74) is -1.18. The fourth-order valence-electron chi connectivity index (χ4n) is 3.03. The van der Waals surface area contributed by atoms with E-state index in [2.05, 4.69) is 14.8 Å². The molecule has 0 amide bonds. The Morgan fingerprint density at radius 2 is 1.89 bits per heavy atom. The van der Waals surface area contributed by atoms with E-state index in [1.165, 1.54) is 19.3 Å². The van der Waals surface area contributed by atoms with Gasteiger partial charge in [0.1, 0.15) is 11.8 Å². The Kier molecular flexibility index (Phi) is 8.21. The zero-order valence-electron chi connectivity index (χ0n) is 14.7. The van der Waals surface area contributed by atoms with Crippen molar-refractivity contribution in [2.75, 3.05) is 26.2 Å². The van der Waals surface area contributed by atoms with Crippen molar-refractivity contribution in [1.82, 2.24) is 9.88 Å². The molecular formula is C17H24F4N2O4. The molecule has 3 atom stereocenters. The van der Waals surface area contributed by atoms with E-state index in [4.69, 9.17) is 4.74 Å². The molecule has 0 aliphatic carbocycles. The highest BCUT2D eigenvalue weighted by Gasteiger charge is 2.33. The Morgan fingerprint density at radius 1 is 1.19 bits per heavy atom. The number of likely N-dealkylation sites (tertiary alicyclic amines) is 1. The number of rotatable bonds is 3. The SMILES string of the molecule is FOc1cccc(C(F)(F)F)n1.OC1CCOC(CN2CCCCC2)C1O. The van der Waals surface area contributed by atoms with Gasteiger partial charge in [-0.1, -0.05) is 12.5 Å². The van der Waals surface area contributed by atoms with E-state index >= 15 is 0 Å². The Balaban J connectivity index is 0.000000199. The first kappa shape index (κ1) is 21.8. The number of hydrogen-bond acceptors (Lipinski definition) is 6. The van der Waals surface area contributed by atoms with Crippen LogP contribution in [0.2, 0.25) is 0 Å². The maximum absolute atomic E-state index is 11.9. The molecule has 0 spiro atoms. The lowest BCUT2D eigenvalue weighted by molar-refractivity contribution is -0.142. The van der Waals surface area contributed by atoms with Crippen molar-refractivity contribution in [2.24, 2.45) is 0 Å². The summed E-state index contributed by atoms with van der Waals surface area (Å²) in [6.45, 7) is 3.53. The molecule has 2 aliphatic heterocycles. The highest BCUT2D eigenvalue weighted by Crippen LogP contribution is 2.28. The molecule has 3 unspecified atom stereocenters. The molecule has 1 aromatic rings. The van der Waals surface area contributed by atoms with E-state index in [1.807, 2.05) is 0 Å². The van der Waals surface area contributed by atoms with Crippen LogP contribution in [0.5, 0.6) is 5.88 Å². The van der Waals surface area contributed by atoms with Gasteiger partial charge in [0.05, 0.1) is 12.2 Å². The molecule has 154 valence electrons. The van der Waals surface area contributed by atoms with Gasteiger partial charge >= 0.3 is 6.18 Å². The van der Waals surface area contributed by atoms with Crippen LogP contribution >= 0.6 is 0 Å². The Morgan fingerprint density at radius 3 is 2.52 bits per heavy atom. The molecule has 2 saturated heterocycles.